The molecule has 1 aliphatic heterocycles. The Hall–Kier alpha value is -1.16. The van der Waals surface area contributed by atoms with Gasteiger partial charge >= 0.3 is 0 Å². The lowest BCUT2D eigenvalue weighted by Gasteiger charge is -2.44. The number of hydrogen-bond acceptors (Lipinski definition) is 3. The van der Waals surface area contributed by atoms with Crippen molar-refractivity contribution in [2.75, 3.05) is 6.61 Å². The molecule has 2 rings (SSSR count). The zero-order chi connectivity index (χ0) is 13.5. The second-order valence-corrected chi connectivity index (χ2v) is 5.78. The lowest BCUT2D eigenvalue weighted by atomic mass is 9.75. The summed E-state index contributed by atoms with van der Waals surface area (Å²) in [4.78, 5) is 25.8. The standard InChI is InChI=1S/C14H21NO3/c1-9-5-4-6-14(7-9,8-16)15-12(17)10(2)11(3)13(15)18/h9,16H,4-8H2,1-3H3. The first-order chi connectivity index (χ1) is 8.43. The van der Waals surface area contributed by atoms with E-state index in [1.54, 1.807) is 13.8 Å². The average molecular weight is 251 g/mol. The van der Waals surface area contributed by atoms with Crippen molar-refractivity contribution in [2.24, 2.45) is 5.92 Å². The summed E-state index contributed by atoms with van der Waals surface area (Å²) in [5.74, 6) is -0.00554. The van der Waals surface area contributed by atoms with Crippen molar-refractivity contribution in [3.05, 3.63) is 11.1 Å². The minimum atomic E-state index is -0.676. The van der Waals surface area contributed by atoms with E-state index in [9.17, 15) is 14.7 Å². The van der Waals surface area contributed by atoms with Crippen LogP contribution in [-0.2, 0) is 9.59 Å². The van der Waals surface area contributed by atoms with Gasteiger partial charge in [-0.15, -0.1) is 0 Å². The highest BCUT2D eigenvalue weighted by Crippen LogP contribution is 2.40. The summed E-state index contributed by atoms with van der Waals surface area (Å²) in [5, 5.41) is 9.76. The molecule has 0 saturated heterocycles. The van der Waals surface area contributed by atoms with Crippen LogP contribution in [0.5, 0.6) is 0 Å². The summed E-state index contributed by atoms with van der Waals surface area (Å²) in [6.45, 7) is 5.36. The zero-order valence-corrected chi connectivity index (χ0v) is 11.3. The van der Waals surface area contributed by atoms with E-state index >= 15 is 0 Å². The summed E-state index contributed by atoms with van der Waals surface area (Å²) < 4.78 is 0. The quantitative estimate of drug-likeness (QED) is 0.759. The normalized spacial score (nSPS) is 33.6. The van der Waals surface area contributed by atoms with Gasteiger partial charge in [0.1, 0.15) is 0 Å². The highest BCUT2D eigenvalue weighted by atomic mass is 16.3. The third-order valence-electron chi connectivity index (χ3n) is 4.45. The Bertz CT molecular complexity index is 403. The monoisotopic (exact) mass is 251 g/mol. The van der Waals surface area contributed by atoms with Crippen molar-refractivity contribution in [3.8, 4) is 0 Å². The molecule has 100 valence electrons. The summed E-state index contributed by atoms with van der Waals surface area (Å²) in [7, 11) is 0. The molecule has 4 heteroatoms. The van der Waals surface area contributed by atoms with Crippen LogP contribution in [0.3, 0.4) is 0 Å². The molecule has 0 radical (unpaired) electrons. The van der Waals surface area contributed by atoms with Crippen LogP contribution in [-0.4, -0.2) is 34.0 Å². The number of rotatable bonds is 2. The van der Waals surface area contributed by atoms with E-state index in [1.165, 1.54) is 4.90 Å². The van der Waals surface area contributed by atoms with Crippen LogP contribution in [0.25, 0.3) is 0 Å². The Labute approximate surface area is 108 Å². The van der Waals surface area contributed by atoms with E-state index in [1.807, 2.05) is 0 Å². The van der Waals surface area contributed by atoms with Crippen molar-refractivity contribution >= 4 is 11.8 Å². The summed E-state index contributed by atoms with van der Waals surface area (Å²) in [6, 6.07) is 0. The molecule has 1 fully saturated rings. The molecule has 0 spiro atoms. The average Bonchev–Trinajstić information content (AvgIpc) is 2.54. The lowest BCUT2D eigenvalue weighted by molar-refractivity contribution is -0.149. The van der Waals surface area contributed by atoms with Gasteiger partial charge in [0, 0.05) is 11.1 Å². The van der Waals surface area contributed by atoms with Gasteiger partial charge in [-0.2, -0.15) is 0 Å². The molecule has 4 nitrogen and oxygen atoms in total. The summed E-state index contributed by atoms with van der Waals surface area (Å²) in [5.41, 5.74) is 0.363. The molecule has 0 aromatic heterocycles. The molecular formula is C14H21NO3. The first kappa shape index (κ1) is 13.3. The zero-order valence-electron chi connectivity index (χ0n) is 11.3. The van der Waals surface area contributed by atoms with Crippen LogP contribution in [0, 0.1) is 5.92 Å². The third kappa shape index (κ3) is 1.79. The fraction of sp³-hybridized carbons (Fsp3) is 0.714. The number of nitrogens with zero attached hydrogens (tertiary/aromatic N) is 1. The number of carbonyl (C=O) groups excluding carboxylic acids is 2. The van der Waals surface area contributed by atoms with E-state index in [0.717, 1.165) is 12.8 Å². The third-order valence-corrected chi connectivity index (χ3v) is 4.45. The Kier molecular flexibility index (Phi) is 3.32. The van der Waals surface area contributed by atoms with E-state index in [4.69, 9.17) is 0 Å². The molecule has 1 aliphatic carbocycles. The van der Waals surface area contributed by atoms with E-state index in [2.05, 4.69) is 6.92 Å². The smallest absolute Gasteiger partial charge is 0.257 e. The first-order valence-electron chi connectivity index (χ1n) is 6.60. The first-order valence-corrected chi connectivity index (χ1v) is 6.60. The number of amides is 2. The second-order valence-electron chi connectivity index (χ2n) is 5.78. The minimum Gasteiger partial charge on any atom is -0.394 e. The second kappa shape index (κ2) is 4.50. The minimum absolute atomic E-state index is 0.130. The van der Waals surface area contributed by atoms with Crippen LogP contribution in [0.2, 0.25) is 0 Å². The molecule has 0 aromatic carbocycles. The molecule has 0 bridgehead atoms. The van der Waals surface area contributed by atoms with Gasteiger partial charge in [0.2, 0.25) is 0 Å². The van der Waals surface area contributed by atoms with E-state index in [-0.39, 0.29) is 18.4 Å². The van der Waals surface area contributed by atoms with Gasteiger partial charge in [-0.1, -0.05) is 19.8 Å². The van der Waals surface area contributed by atoms with Gasteiger partial charge in [0.15, 0.2) is 0 Å². The predicted octanol–water partition coefficient (Wildman–Crippen LogP) is 1.63. The Morgan fingerprint density at radius 3 is 2.28 bits per heavy atom. The van der Waals surface area contributed by atoms with Crippen molar-refractivity contribution in [3.63, 3.8) is 0 Å². The van der Waals surface area contributed by atoms with Gasteiger partial charge in [-0.25, -0.2) is 0 Å². The Morgan fingerprint density at radius 2 is 1.83 bits per heavy atom. The van der Waals surface area contributed by atoms with Gasteiger partial charge < -0.3 is 5.11 Å². The van der Waals surface area contributed by atoms with E-state index in [0.29, 0.717) is 29.9 Å². The molecular weight excluding hydrogens is 230 g/mol. The molecule has 18 heavy (non-hydrogen) atoms. The predicted molar refractivity (Wildman–Crippen MR) is 67.7 cm³/mol. The molecule has 1 N–H and O–H groups in total. The van der Waals surface area contributed by atoms with Crippen molar-refractivity contribution in [1.29, 1.82) is 0 Å². The number of carbonyl (C=O) groups is 2. The SMILES string of the molecule is CC1=C(C)C(=O)N(C2(CO)CCCC(C)C2)C1=O. The lowest BCUT2D eigenvalue weighted by Crippen LogP contribution is -2.57. The van der Waals surface area contributed by atoms with E-state index < -0.39 is 5.54 Å². The maximum absolute atomic E-state index is 12.2. The Morgan fingerprint density at radius 1 is 1.28 bits per heavy atom. The number of hydrogen-bond donors (Lipinski definition) is 1. The highest BCUT2D eigenvalue weighted by Gasteiger charge is 2.49. The number of aliphatic hydroxyl groups excluding tert-OH is 1. The van der Waals surface area contributed by atoms with Crippen LogP contribution in [0.4, 0.5) is 0 Å². The van der Waals surface area contributed by atoms with Crippen molar-refractivity contribution < 1.29 is 14.7 Å². The van der Waals surface area contributed by atoms with Crippen molar-refractivity contribution in [1.82, 2.24) is 4.90 Å². The Balaban J connectivity index is 2.35. The largest absolute Gasteiger partial charge is 0.394 e. The van der Waals surface area contributed by atoms with Crippen LogP contribution in [0.1, 0.15) is 46.5 Å². The topological polar surface area (TPSA) is 57.6 Å². The molecule has 2 amide bonds. The summed E-state index contributed by atoms with van der Waals surface area (Å²) in [6.07, 6.45) is 3.48. The molecule has 2 aliphatic rings. The molecule has 2 unspecified atom stereocenters. The van der Waals surface area contributed by atoms with Gasteiger partial charge in [-0.05, 0) is 32.6 Å². The molecule has 1 saturated carbocycles. The highest BCUT2D eigenvalue weighted by molar-refractivity contribution is 6.19. The molecule has 2 atom stereocenters. The number of aliphatic hydroxyl groups is 1. The summed E-state index contributed by atoms with van der Waals surface area (Å²) >= 11 is 0. The van der Waals surface area contributed by atoms with Crippen LogP contribution >= 0.6 is 0 Å². The molecule has 1 heterocycles. The van der Waals surface area contributed by atoms with Gasteiger partial charge in [0.25, 0.3) is 11.8 Å². The van der Waals surface area contributed by atoms with Crippen LogP contribution < -0.4 is 0 Å². The fourth-order valence-electron chi connectivity index (χ4n) is 3.23. The molecule has 0 aromatic rings. The number of imide groups is 1. The van der Waals surface area contributed by atoms with Gasteiger partial charge in [-0.3, -0.25) is 14.5 Å². The van der Waals surface area contributed by atoms with Crippen LogP contribution in [0.15, 0.2) is 11.1 Å². The maximum Gasteiger partial charge on any atom is 0.257 e. The maximum atomic E-state index is 12.2. The van der Waals surface area contributed by atoms with Gasteiger partial charge in [0.05, 0.1) is 12.1 Å². The fourth-order valence-corrected chi connectivity index (χ4v) is 3.23. The van der Waals surface area contributed by atoms with Crippen molar-refractivity contribution in [2.45, 2.75) is 52.0 Å².